The molecule has 0 atom stereocenters. The van der Waals surface area contributed by atoms with Crippen LogP contribution in [0.3, 0.4) is 0 Å². The second-order valence-corrected chi connectivity index (χ2v) is 6.28. The Labute approximate surface area is 153 Å². The van der Waals surface area contributed by atoms with E-state index in [4.69, 9.17) is 21.1 Å². The van der Waals surface area contributed by atoms with Crippen LogP contribution >= 0.6 is 27.5 Å². The van der Waals surface area contributed by atoms with Gasteiger partial charge in [0.1, 0.15) is 5.75 Å². The number of methoxy groups -OCH3 is 1. The highest BCUT2D eigenvalue weighted by molar-refractivity contribution is 9.10. The van der Waals surface area contributed by atoms with Crippen LogP contribution in [0.2, 0.25) is 5.02 Å². The van der Waals surface area contributed by atoms with E-state index in [1.807, 2.05) is 13.0 Å². The number of hydrogen-bond acceptors (Lipinski definition) is 4. The summed E-state index contributed by atoms with van der Waals surface area (Å²) in [5.74, 6) is -0.624. The number of ether oxygens (including phenoxy) is 2. The van der Waals surface area contributed by atoms with E-state index < -0.39 is 18.5 Å². The maximum Gasteiger partial charge on any atom is 0.340 e. The number of carbonyl (C=O) groups is 2. The molecule has 1 amide bonds. The molecule has 0 aliphatic rings. The quantitative estimate of drug-likeness (QED) is 0.747. The van der Waals surface area contributed by atoms with Crippen molar-refractivity contribution in [3.8, 4) is 5.75 Å². The molecule has 0 aliphatic heterocycles. The largest absolute Gasteiger partial charge is 0.495 e. The molecule has 0 spiro atoms. The minimum absolute atomic E-state index is 0.187. The minimum Gasteiger partial charge on any atom is -0.495 e. The molecular formula is C17H15BrClNO4. The van der Waals surface area contributed by atoms with E-state index in [-0.39, 0.29) is 10.6 Å². The molecular weight excluding hydrogens is 398 g/mol. The number of hydrogen-bond donors (Lipinski definition) is 1. The molecule has 0 saturated heterocycles. The van der Waals surface area contributed by atoms with Crippen LogP contribution < -0.4 is 10.1 Å². The fourth-order valence-corrected chi connectivity index (χ4v) is 2.52. The summed E-state index contributed by atoms with van der Waals surface area (Å²) in [6.07, 6.45) is 0. The van der Waals surface area contributed by atoms with E-state index in [1.54, 1.807) is 24.3 Å². The van der Waals surface area contributed by atoms with Crippen molar-refractivity contribution in [2.45, 2.75) is 6.92 Å². The van der Waals surface area contributed by atoms with E-state index >= 15 is 0 Å². The first-order valence-electron chi connectivity index (χ1n) is 6.97. The van der Waals surface area contributed by atoms with E-state index in [0.717, 1.165) is 5.56 Å². The predicted molar refractivity (Wildman–Crippen MR) is 95.8 cm³/mol. The average molecular weight is 413 g/mol. The van der Waals surface area contributed by atoms with Crippen LogP contribution in [0.25, 0.3) is 0 Å². The highest BCUT2D eigenvalue weighted by Crippen LogP contribution is 2.25. The molecule has 2 aromatic carbocycles. The van der Waals surface area contributed by atoms with Crippen LogP contribution in [0, 0.1) is 6.92 Å². The molecule has 1 N–H and O–H groups in total. The Morgan fingerprint density at radius 3 is 2.67 bits per heavy atom. The van der Waals surface area contributed by atoms with Gasteiger partial charge in [-0.25, -0.2) is 4.79 Å². The van der Waals surface area contributed by atoms with Crippen molar-refractivity contribution >= 4 is 45.1 Å². The lowest BCUT2D eigenvalue weighted by molar-refractivity contribution is -0.119. The van der Waals surface area contributed by atoms with Gasteiger partial charge in [0.2, 0.25) is 0 Å². The van der Waals surface area contributed by atoms with Crippen molar-refractivity contribution in [1.82, 2.24) is 0 Å². The fraction of sp³-hybridized carbons (Fsp3) is 0.176. The van der Waals surface area contributed by atoms with Crippen LogP contribution in [-0.2, 0) is 9.53 Å². The Morgan fingerprint density at radius 1 is 1.21 bits per heavy atom. The number of esters is 1. The predicted octanol–water partition coefficient (Wildman–Crippen LogP) is 4.22. The first-order chi connectivity index (χ1) is 11.4. The van der Waals surface area contributed by atoms with Crippen LogP contribution in [-0.4, -0.2) is 25.6 Å². The zero-order valence-electron chi connectivity index (χ0n) is 13.1. The zero-order chi connectivity index (χ0) is 17.7. The number of rotatable bonds is 5. The van der Waals surface area contributed by atoms with Gasteiger partial charge in [-0.05, 0) is 42.8 Å². The Kier molecular flexibility index (Phi) is 6.23. The maximum absolute atomic E-state index is 12.0. The Balaban J connectivity index is 2.00. The van der Waals surface area contributed by atoms with E-state index in [1.165, 1.54) is 13.2 Å². The fourth-order valence-electron chi connectivity index (χ4n) is 1.97. The molecule has 126 valence electrons. The molecule has 0 radical (unpaired) electrons. The zero-order valence-corrected chi connectivity index (χ0v) is 15.4. The molecule has 0 bridgehead atoms. The Morgan fingerprint density at radius 2 is 1.96 bits per heavy atom. The number of halogens is 2. The van der Waals surface area contributed by atoms with Gasteiger partial charge in [0.05, 0.1) is 23.4 Å². The number of amides is 1. The smallest absolute Gasteiger partial charge is 0.340 e. The second kappa shape index (κ2) is 8.17. The molecule has 2 rings (SSSR count). The van der Waals surface area contributed by atoms with Crippen LogP contribution in [0.1, 0.15) is 15.9 Å². The van der Waals surface area contributed by atoms with E-state index in [9.17, 15) is 9.59 Å². The van der Waals surface area contributed by atoms with Crippen molar-refractivity contribution in [3.05, 3.63) is 57.0 Å². The highest BCUT2D eigenvalue weighted by Gasteiger charge is 2.15. The van der Waals surface area contributed by atoms with Crippen LogP contribution in [0.15, 0.2) is 40.9 Å². The third-order valence-electron chi connectivity index (χ3n) is 3.11. The molecule has 0 heterocycles. The number of aryl methyl sites for hydroxylation is 1. The van der Waals surface area contributed by atoms with Crippen molar-refractivity contribution in [1.29, 1.82) is 0 Å². The van der Waals surface area contributed by atoms with Crippen molar-refractivity contribution in [2.24, 2.45) is 0 Å². The van der Waals surface area contributed by atoms with Gasteiger partial charge in [0.15, 0.2) is 6.61 Å². The van der Waals surface area contributed by atoms with Gasteiger partial charge in [0, 0.05) is 4.47 Å². The minimum atomic E-state index is -0.673. The summed E-state index contributed by atoms with van der Waals surface area (Å²) < 4.78 is 10.9. The number of benzene rings is 2. The van der Waals surface area contributed by atoms with E-state index in [2.05, 4.69) is 21.2 Å². The Bertz CT molecular complexity index is 779. The first-order valence-corrected chi connectivity index (χ1v) is 8.14. The van der Waals surface area contributed by atoms with Crippen LogP contribution in [0.5, 0.6) is 5.75 Å². The standard InChI is InChI=1S/C17H15BrClNO4/c1-10-3-6-15(23-2)14(7-10)20-16(21)9-24-17(22)12-8-11(18)4-5-13(12)19/h3-8H,9H2,1-2H3,(H,20,21). The summed E-state index contributed by atoms with van der Waals surface area (Å²) in [5, 5.41) is 2.91. The van der Waals surface area contributed by atoms with E-state index in [0.29, 0.717) is 15.9 Å². The molecule has 0 aromatic heterocycles. The molecule has 0 fully saturated rings. The Hall–Kier alpha value is -2.05. The van der Waals surface area contributed by atoms with Crippen molar-refractivity contribution < 1.29 is 19.1 Å². The third kappa shape index (κ3) is 4.72. The lowest BCUT2D eigenvalue weighted by atomic mass is 10.2. The number of anilines is 1. The molecule has 0 aliphatic carbocycles. The van der Waals surface area contributed by atoms with Gasteiger partial charge in [-0.2, -0.15) is 0 Å². The lowest BCUT2D eigenvalue weighted by Crippen LogP contribution is -2.21. The summed E-state index contributed by atoms with van der Waals surface area (Å²) in [5.41, 5.74) is 1.66. The maximum atomic E-state index is 12.0. The topological polar surface area (TPSA) is 64.6 Å². The summed E-state index contributed by atoms with van der Waals surface area (Å²) in [4.78, 5) is 24.0. The van der Waals surface area contributed by atoms with Crippen molar-refractivity contribution in [2.75, 3.05) is 19.0 Å². The monoisotopic (exact) mass is 411 g/mol. The third-order valence-corrected chi connectivity index (χ3v) is 3.93. The molecule has 24 heavy (non-hydrogen) atoms. The summed E-state index contributed by atoms with van der Waals surface area (Å²) in [7, 11) is 1.51. The van der Waals surface area contributed by atoms with Crippen LogP contribution in [0.4, 0.5) is 5.69 Å². The molecule has 7 heteroatoms. The number of nitrogens with one attached hydrogen (secondary N) is 1. The summed E-state index contributed by atoms with van der Waals surface area (Å²) >= 11 is 9.21. The van der Waals surface area contributed by atoms with Gasteiger partial charge in [-0.3, -0.25) is 4.79 Å². The SMILES string of the molecule is COc1ccc(C)cc1NC(=O)COC(=O)c1cc(Br)ccc1Cl. The molecule has 2 aromatic rings. The summed E-state index contributed by atoms with van der Waals surface area (Å²) in [6, 6.07) is 10.2. The molecule has 0 saturated carbocycles. The highest BCUT2D eigenvalue weighted by atomic mass is 79.9. The first kappa shape index (κ1) is 18.3. The van der Waals surface area contributed by atoms with Gasteiger partial charge < -0.3 is 14.8 Å². The molecule has 0 unspecified atom stereocenters. The van der Waals surface area contributed by atoms with Gasteiger partial charge in [0.25, 0.3) is 5.91 Å². The number of carbonyl (C=O) groups excluding carboxylic acids is 2. The normalized spacial score (nSPS) is 10.2. The van der Waals surface area contributed by atoms with Crippen molar-refractivity contribution in [3.63, 3.8) is 0 Å². The lowest BCUT2D eigenvalue weighted by Gasteiger charge is -2.11. The van der Waals surface area contributed by atoms with Gasteiger partial charge in [-0.15, -0.1) is 0 Å². The molecule has 5 nitrogen and oxygen atoms in total. The summed E-state index contributed by atoms with van der Waals surface area (Å²) in [6.45, 7) is 1.46. The average Bonchev–Trinajstić information content (AvgIpc) is 2.55. The van der Waals surface area contributed by atoms with Gasteiger partial charge >= 0.3 is 5.97 Å². The van der Waals surface area contributed by atoms with Gasteiger partial charge in [-0.1, -0.05) is 33.6 Å². The second-order valence-electron chi connectivity index (χ2n) is 4.95.